The maximum atomic E-state index is 13.4. The molecule has 0 aliphatic heterocycles. The summed E-state index contributed by atoms with van der Waals surface area (Å²) in [6, 6.07) is 4.19. The summed E-state index contributed by atoms with van der Waals surface area (Å²) in [7, 11) is -0.892. The quantitative estimate of drug-likeness (QED) is 0.838. The second kappa shape index (κ2) is 6.08. The topological polar surface area (TPSA) is 86.7 Å². The highest BCUT2D eigenvalue weighted by atomic mass is 32.2. The van der Waals surface area contributed by atoms with Gasteiger partial charge in [0, 0.05) is 40.1 Å². The van der Waals surface area contributed by atoms with E-state index < -0.39 is 16.6 Å². The lowest BCUT2D eigenvalue weighted by Gasteiger charge is -2.09. The second-order valence-corrected chi connectivity index (χ2v) is 6.40. The molecule has 2 unspecified atom stereocenters. The summed E-state index contributed by atoms with van der Waals surface area (Å²) in [5, 5.41) is 11.4. The van der Waals surface area contributed by atoms with Crippen molar-refractivity contribution in [2.45, 2.75) is 25.1 Å². The van der Waals surface area contributed by atoms with E-state index in [4.69, 9.17) is 5.73 Å². The van der Waals surface area contributed by atoms with Crippen LogP contribution in [0.5, 0.6) is 0 Å². The fraction of sp³-hybridized carbons (Fsp3) is 0.417. The Kier molecular flexibility index (Phi) is 4.43. The highest BCUT2D eigenvalue weighted by Crippen LogP contribution is 2.21. The van der Waals surface area contributed by atoms with E-state index >= 15 is 0 Å². The average molecular weight is 297 g/mol. The number of anilines is 1. The van der Waals surface area contributed by atoms with Crippen LogP contribution >= 0.6 is 0 Å². The fourth-order valence-electron chi connectivity index (χ4n) is 1.77. The lowest BCUT2D eigenvalue weighted by Crippen LogP contribution is -2.14. The third kappa shape index (κ3) is 3.38. The van der Waals surface area contributed by atoms with E-state index in [0.717, 1.165) is 0 Å². The van der Waals surface area contributed by atoms with Crippen LogP contribution in [0.15, 0.2) is 18.2 Å². The summed E-state index contributed by atoms with van der Waals surface area (Å²) >= 11 is 0. The standard InChI is InChI=1S/C12H16FN5OS/c1-8(20(2)19)3-4-18-12(15-16-17-18)9-5-10(13)7-11(14)6-9/h5-8H,3-4,14H2,1-2H3. The summed E-state index contributed by atoms with van der Waals surface area (Å²) in [6.07, 6.45) is 2.34. The molecule has 0 saturated heterocycles. The van der Waals surface area contributed by atoms with Gasteiger partial charge >= 0.3 is 0 Å². The molecule has 0 fully saturated rings. The van der Waals surface area contributed by atoms with Crippen LogP contribution in [0.4, 0.5) is 10.1 Å². The van der Waals surface area contributed by atoms with Crippen LogP contribution in [0.1, 0.15) is 13.3 Å². The maximum absolute atomic E-state index is 13.4. The molecule has 0 saturated carbocycles. The maximum Gasteiger partial charge on any atom is 0.182 e. The van der Waals surface area contributed by atoms with Gasteiger partial charge in [-0.05, 0) is 35.0 Å². The molecule has 2 N–H and O–H groups in total. The van der Waals surface area contributed by atoms with E-state index in [-0.39, 0.29) is 5.25 Å². The number of halogens is 1. The van der Waals surface area contributed by atoms with Crippen molar-refractivity contribution < 1.29 is 8.60 Å². The van der Waals surface area contributed by atoms with Crippen LogP contribution in [-0.4, -0.2) is 35.9 Å². The molecule has 6 nitrogen and oxygen atoms in total. The molecule has 1 aromatic heterocycles. The van der Waals surface area contributed by atoms with Crippen molar-refractivity contribution in [1.29, 1.82) is 0 Å². The largest absolute Gasteiger partial charge is 0.399 e. The van der Waals surface area contributed by atoms with E-state index in [1.807, 2.05) is 6.92 Å². The predicted molar refractivity (Wildman–Crippen MR) is 75.8 cm³/mol. The van der Waals surface area contributed by atoms with Gasteiger partial charge in [0.15, 0.2) is 5.82 Å². The average Bonchev–Trinajstić information content (AvgIpc) is 2.82. The van der Waals surface area contributed by atoms with Gasteiger partial charge in [-0.15, -0.1) is 5.10 Å². The molecule has 8 heteroatoms. The van der Waals surface area contributed by atoms with Crippen molar-refractivity contribution in [2.24, 2.45) is 0 Å². The summed E-state index contributed by atoms with van der Waals surface area (Å²) in [5.74, 6) is 0.0165. The minimum absolute atomic E-state index is 0.0460. The van der Waals surface area contributed by atoms with Crippen molar-refractivity contribution >= 4 is 16.5 Å². The fourth-order valence-corrected chi connectivity index (χ4v) is 2.21. The minimum Gasteiger partial charge on any atom is -0.399 e. The van der Waals surface area contributed by atoms with E-state index in [1.54, 1.807) is 17.0 Å². The lowest BCUT2D eigenvalue weighted by molar-refractivity contribution is 0.556. The zero-order chi connectivity index (χ0) is 14.7. The lowest BCUT2D eigenvalue weighted by atomic mass is 10.2. The zero-order valence-corrected chi connectivity index (χ0v) is 12.1. The molecular formula is C12H16FN5OS. The highest BCUT2D eigenvalue weighted by Gasteiger charge is 2.13. The Morgan fingerprint density at radius 2 is 2.20 bits per heavy atom. The Hall–Kier alpha value is -1.83. The Balaban J connectivity index is 2.22. The number of nitrogen functional groups attached to an aromatic ring is 1. The number of nitrogens with two attached hydrogens (primary N) is 1. The van der Waals surface area contributed by atoms with Crippen molar-refractivity contribution in [3.05, 3.63) is 24.0 Å². The third-order valence-electron chi connectivity index (χ3n) is 3.02. The monoisotopic (exact) mass is 297 g/mol. The van der Waals surface area contributed by atoms with Gasteiger partial charge in [0.1, 0.15) is 5.82 Å². The molecule has 0 spiro atoms. The van der Waals surface area contributed by atoms with Crippen LogP contribution in [0.25, 0.3) is 11.4 Å². The molecule has 0 amide bonds. The first-order valence-electron chi connectivity index (χ1n) is 6.12. The van der Waals surface area contributed by atoms with Gasteiger partial charge in [0.25, 0.3) is 0 Å². The van der Waals surface area contributed by atoms with Gasteiger partial charge in [-0.1, -0.05) is 6.92 Å². The van der Waals surface area contributed by atoms with Crippen LogP contribution in [-0.2, 0) is 17.3 Å². The van der Waals surface area contributed by atoms with Gasteiger partial charge in [-0.3, -0.25) is 4.21 Å². The summed E-state index contributed by atoms with van der Waals surface area (Å²) < 4.78 is 26.3. The van der Waals surface area contributed by atoms with Gasteiger partial charge < -0.3 is 5.73 Å². The summed E-state index contributed by atoms with van der Waals surface area (Å²) in [4.78, 5) is 0. The third-order valence-corrected chi connectivity index (χ3v) is 4.39. The second-order valence-electron chi connectivity index (χ2n) is 4.60. The van der Waals surface area contributed by atoms with Crippen LogP contribution in [0.3, 0.4) is 0 Å². The molecule has 1 heterocycles. The first-order chi connectivity index (χ1) is 9.47. The van der Waals surface area contributed by atoms with E-state index in [0.29, 0.717) is 30.0 Å². The van der Waals surface area contributed by atoms with Gasteiger partial charge in [0.05, 0.1) is 0 Å². The van der Waals surface area contributed by atoms with Crippen molar-refractivity contribution in [3.8, 4) is 11.4 Å². The van der Waals surface area contributed by atoms with Crippen molar-refractivity contribution in [3.63, 3.8) is 0 Å². The number of nitrogens with zero attached hydrogens (tertiary/aromatic N) is 4. The summed E-state index contributed by atoms with van der Waals surface area (Å²) in [6.45, 7) is 2.42. The van der Waals surface area contributed by atoms with Crippen LogP contribution in [0.2, 0.25) is 0 Å². The Morgan fingerprint density at radius 1 is 1.45 bits per heavy atom. The molecule has 2 atom stereocenters. The van der Waals surface area contributed by atoms with Gasteiger partial charge in [-0.2, -0.15) is 0 Å². The number of hydrogen-bond donors (Lipinski definition) is 1. The van der Waals surface area contributed by atoms with Crippen LogP contribution < -0.4 is 5.73 Å². The van der Waals surface area contributed by atoms with Crippen molar-refractivity contribution in [1.82, 2.24) is 20.2 Å². The van der Waals surface area contributed by atoms with E-state index in [2.05, 4.69) is 15.5 Å². The Labute approximate surface area is 118 Å². The number of rotatable bonds is 5. The SMILES string of the molecule is CC(CCn1nnnc1-c1cc(N)cc(F)c1)S(C)=O. The molecule has 0 aliphatic rings. The van der Waals surface area contributed by atoms with E-state index in [9.17, 15) is 8.60 Å². The Morgan fingerprint density at radius 3 is 2.85 bits per heavy atom. The Bertz CT molecular complexity index is 610. The first kappa shape index (κ1) is 14.6. The zero-order valence-electron chi connectivity index (χ0n) is 11.3. The number of tetrazole rings is 1. The first-order valence-corrected chi connectivity index (χ1v) is 7.74. The van der Waals surface area contributed by atoms with E-state index in [1.165, 1.54) is 12.1 Å². The van der Waals surface area contributed by atoms with Gasteiger partial charge in [0.2, 0.25) is 0 Å². The molecule has 0 bridgehead atoms. The predicted octanol–water partition coefficient (Wildman–Crippen LogP) is 1.22. The highest BCUT2D eigenvalue weighted by molar-refractivity contribution is 7.84. The molecule has 2 rings (SSSR count). The van der Waals surface area contributed by atoms with Crippen LogP contribution in [0, 0.1) is 5.82 Å². The number of hydrogen-bond acceptors (Lipinski definition) is 5. The smallest absolute Gasteiger partial charge is 0.182 e. The number of benzene rings is 1. The molecule has 1 aromatic carbocycles. The molecular weight excluding hydrogens is 281 g/mol. The minimum atomic E-state index is -0.892. The molecule has 0 aliphatic carbocycles. The molecule has 108 valence electrons. The van der Waals surface area contributed by atoms with Crippen molar-refractivity contribution in [2.75, 3.05) is 12.0 Å². The van der Waals surface area contributed by atoms with Gasteiger partial charge in [-0.25, -0.2) is 9.07 Å². The molecule has 20 heavy (non-hydrogen) atoms. The molecule has 2 aromatic rings. The summed E-state index contributed by atoms with van der Waals surface area (Å²) in [5.41, 5.74) is 6.46. The normalized spacial score (nSPS) is 14.2. The molecule has 0 radical (unpaired) electrons. The number of aromatic nitrogens is 4. The number of aryl methyl sites for hydroxylation is 1.